The minimum Gasteiger partial charge on any atom is -0.347 e. The summed E-state index contributed by atoms with van der Waals surface area (Å²) in [6.45, 7) is 3.66. The van der Waals surface area contributed by atoms with Crippen LogP contribution in [0.25, 0.3) is 10.9 Å². The van der Waals surface area contributed by atoms with E-state index in [1.54, 1.807) is 0 Å². The van der Waals surface area contributed by atoms with Crippen LogP contribution in [0.2, 0.25) is 5.02 Å². The average Bonchev–Trinajstić information content (AvgIpc) is 2.29. The molecule has 0 fully saturated rings. The van der Waals surface area contributed by atoms with Crippen molar-refractivity contribution in [1.82, 2.24) is 10.3 Å². The summed E-state index contributed by atoms with van der Waals surface area (Å²) in [7, 11) is 0. The summed E-state index contributed by atoms with van der Waals surface area (Å²) in [5.41, 5.74) is -0.357. The van der Waals surface area contributed by atoms with E-state index in [1.807, 2.05) is 13.8 Å². The third kappa shape index (κ3) is 1.89. The Morgan fingerprint density at radius 3 is 2.70 bits per heavy atom. The smallest absolute Gasteiger partial charge is 0.252 e. The zero-order valence-electron chi connectivity index (χ0n) is 10.9. The minimum absolute atomic E-state index is 0.00741. The first-order chi connectivity index (χ1) is 9.28. The zero-order valence-corrected chi connectivity index (χ0v) is 11.7. The van der Waals surface area contributed by atoms with Crippen molar-refractivity contribution in [3.63, 3.8) is 0 Å². The second kappa shape index (κ2) is 4.06. The molecule has 0 radical (unpaired) electrons. The lowest BCUT2D eigenvalue weighted by molar-refractivity contribution is 0.0898. The van der Waals surface area contributed by atoms with Gasteiger partial charge >= 0.3 is 0 Å². The highest BCUT2D eigenvalue weighted by Gasteiger charge is 2.33. The van der Waals surface area contributed by atoms with Gasteiger partial charge in [-0.05, 0) is 26.0 Å². The van der Waals surface area contributed by atoms with Crippen molar-refractivity contribution >= 4 is 28.4 Å². The fourth-order valence-electron chi connectivity index (χ4n) is 2.65. The first-order valence-electron chi connectivity index (χ1n) is 6.15. The molecule has 0 atom stereocenters. The van der Waals surface area contributed by atoms with Crippen LogP contribution in [0.4, 0.5) is 4.39 Å². The summed E-state index contributed by atoms with van der Waals surface area (Å²) in [4.78, 5) is 26.9. The largest absolute Gasteiger partial charge is 0.347 e. The van der Waals surface area contributed by atoms with Gasteiger partial charge in [-0.25, -0.2) is 4.39 Å². The second-order valence-electron chi connectivity index (χ2n) is 5.63. The van der Waals surface area contributed by atoms with Crippen LogP contribution in [0.1, 0.15) is 29.8 Å². The molecule has 20 heavy (non-hydrogen) atoms. The molecule has 6 heteroatoms. The van der Waals surface area contributed by atoms with Gasteiger partial charge in [-0.2, -0.15) is 0 Å². The Morgan fingerprint density at radius 2 is 2.00 bits per heavy atom. The van der Waals surface area contributed by atoms with Gasteiger partial charge in [-0.15, -0.1) is 0 Å². The number of aromatic nitrogens is 1. The number of halogens is 2. The van der Waals surface area contributed by atoms with Gasteiger partial charge in [0.1, 0.15) is 5.82 Å². The quantitative estimate of drug-likeness (QED) is 0.783. The van der Waals surface area contributed by atoms with E-state index in [0.717, 1.165) is 6.07 Å². The molecule has 0 aliphatic carbocycles. The van der Waals surface area contributed by atoms with Crippen molar-refractivity contribution in [3.05, 3.63) is 44.5 Å². The number of carbonyl (C=O) groups is 1. The SMILES string of the molecule is CC1(C)Cc2c(c3cc(Cl)cc(F)c3[nH]c2=O)C(=O)N1. The number of benzene rings is 1. The van der Waals surface area contributed by atoms with Gasteiger partial charge in [0.2, 0.25) is 0 Å². The number of rotatable bonds is 0. The van der Waals surface area contributed by atoms with E-state index in [-0.39, 0.29) is 22.0 Å². The highest BCUT2D eigenvalue weighted by Crippen LogP contribution is 2.29. The Morgan fingerprint density at radius 1 is 1.30 bits per heavy atom. The number of nitrogens with one attached hydrogen (secondary N) is 2. The fraction of sp³-hybridized carbons (Fsp3) is 0.286. The van der Waals surface area contributed by atoms with Crippen LogP contribution in [-0.2, 0) is 6.42 Å². The molecular weight excluding hydrogens is 283 g/mol. The number of carbonyl (C=O) groups excluding carboxylic acids is 1. The second-order valence-corrected chi connectivity index (χ2v) is 6.07. The summed E-state index contributed by atoms with van der Waals surface area (Å²) in [6.07, 6.45) is 0.382. The number of pyridine rings is 1. The fourth-order valence-corrected chi connectivity index (χ4v) is 2.85. The summed E-state index contributed by atoms with van der Waals surface area (Å²) in [6, 6.07) is 2.60. The summed E-state index contributed by atoms with van der Waals surface area (Å²) >= 11 is 5.85. The molecule has 1 aliphatic rings. The molecule has 2 N–H and O–H groups in total. The highest BCUT2D eigenvalue weighted by atomic mass is 35.5. The van der Waals surface area contributed by atoms with E-state index in [4.69, 9.17) is 11.6 Å². The number of H-pyrrole nitrogens is 1. The van der Waals surface area contributed by atoms with E-state index in [2.05, 4.69) is 10.3 Å². The van der Waals surface area contributed by atoms with Gasteiger partial charge in [0.05, 0.1) is 11.1 Å². The van der Waals surface area contributed by atoms with Crippen molar-refractivity contribution in [2.24, 2.45) is 0 Å². The Labute approximate surface area is 118 Å². The van der Waals surface area contributed by atoms with E-state index >= 15 is 0 Å². The maximum absolute atomic E-state index is 13.9. The minimum atomic E-state index is -0.648. The predicted molar refractivity (Wildman–Crippen MR) is 74.8 cm³/mol. The first-order valence-corrected chi connectivity index (χ1v) is 6.53. The maximum Gasteiger partial charge on any atom is 0.252 e. The van der Waals surface area contributed by atoms with Gasteiger partial charge in [0.25, 0.3) is 11.5 Å². The van der Waals surface area contributed by atoms with Crippen molar-refractivity contribution in [2.75, 3.05) is 0 Å². The zero-order chi connectivity index (χ0) is 14.7. The molecule has 1 amide bonds. The third-order valence-electron chi connectivity index (χ3n) is 3.44. The van der Waals surface area contributed by atoms with Crippen LogP contribution >= 0.6 is 11.6 Å². The molecule has 2 heterocycles. The van der Waals surface area contributed by atoms with Crippen LogP contribution in [0.5, 0.6) is 0 Å². The van der Waals surface area contributed by atoms with Crippen molar-refractivity contribution in [3.8, 4) is 0 Å². The van der Waals surface area contributed by atoms with E-state index in [1.165, 1.54) is 6.07 Å². The summed E-state index contributed by atoms with van der Waals surface area (Å²) < 4.78 is 13.9. The molecule has 1 aromatic heterocycles. The average molecular weight is 295 g/mol. The monoisotopic (exact) mass is 294 g/mol. The maximum atomic E-state index is 13.9. The lowest BCUT2D eigenvalue weighted by Gasteiger charge is -2.32. The third-order valence-corrected chi connectivity index (χ3v) is 3.65. The molecule has 0 bridgehead atoms. The summed E-state index contributed by atoms with van der Waals surface area (Å²) in [5.74, 6) is -1.03. The van der Waals surface area contributed by atoms with Crippen molar-refractivity contribution in [2.45, 2.75) is 25.8 Å². The topological polar surface area (TPSA) is 62.0 Å². The molecule has 4 nitrogen and oxygen atoms in total. The molecule has 0 spiro atoms. The lowest BCUT2D eigenvalue weighted by Crippen LogP contribution is -2.51. The van der Waals surface area contributed by atoms with Gasteiger partial charge in [0, 0.05) is 27.9 Å². The van der Waals surface area contributed by atoms with Crippen molar-refractivity contribution in [1.29, 1.82) is 0 Å². The van der Waals surface area contributed by atoms with Gasteiger partial charge in [0.15, 0.2) is 0 Å². The van der Waals surface area contributed by atoms with Crippen LogP contribution in [0.15, 0.2) is 16.9 Å². The molecule has 0 saturated heterocycles. The van der Waals surface area contributed by atoms with E-state index in [9.17, 15) is 14.0 Å². The van der Waals surface area contributed by atoms with Crippen LogP contribution in [0.3, 0.4) is 0 Å². The predicted octanol–water partition coefficient (Wildman–Crippen LogP) is 2.39. The molecule has 1 aromatic carbocycles. The lowest BCUT2D eigenvalue weighted by atomic mass is 9.86. The Bertz CT molecular complexity index is 811. The molecule has 0 saturated carbocycles. The Hall–Kier alpha value is -1.88. The summed E-state index contributed by atoms with van der Waals surface area (Å²) in [5, 5.41) is 3.33. The Balaban J connectivity index is 2.46. The number of hydrogen-bond donors (Lipinski definition) is 2. The Kier molecular flexibility index (Phi) is 2.66. The molecule has 3 rings (SSSR count). The number of aromatic amines is 1. The van der Waals surface area contributed by atoms with E-state index in [0.29, 0.717) is 17.4 Å². The number of amides is 1. The number of hydrogen-bond acceptors (Lipinski definition) is 2. The van der Waals surface area contributed by atoms with Gasteiger partial charge < -0.3 is 10.3 Å². The molecule has 1 aliphatic heterocycles. The van der Waals surface area contributed by atoms with Crippen LogP contribution in [-0.4, -0.2) is 16.4 Å². The molecular formula is C14H12ClFN2O2. The van der Waals surface area contributed by atoms with Crippen LogP contribution < -0.4 is 10.9 Å². The van der Waals surface area contributed by atoms with Gasteiger partial charge in [-0.3, -0.25) is 9.59 Å². The molecule has 104 valence electrons. The molecule has 0 unspecified atom stereocenters. The molecule has 2 aromatic rings. The van der Waals surface area contributed by atoms with Crippen LogP contribution in [0, 0.1) is 5.82 Å². The standard InChI is InChI=1S/C14H12ClFN2O2/c1-14(2)5-8-10(13(20)18-14)7-3-6(15)4-9(16)11(7)17-12(8)19/h3-4H,5H2,1-2H3,(H,17,19)(H,18,20). The van der Waals surface area contributed by atoms with Gasteiger partial charge in [-0.1, -0.05) is 11.6 Å². The number of fused-ring (bicyclic) bond motifs is 3. The van der Waals surface area contributed by atoms with E-state index < -0.39 is 16.9 Å². The normalized spacial score (nSPS) is 16.9. The van der Waals surface area contributed by atoms with Crippen molar-refractivity contribution < 1.29 is 9.18 Å². The first kappa shape index (κ1) is 13.1. The highest BCUT2D eigenvalue weighted by molar-refractivity contribution is 6.31.